The summed E-state index contributed by atoms with van der Waals surface area (Å²) in [7, 11) is 1.86. The van der Waals surface area contributed by atoms with Crippen molar-refractivity contribution in [2.24, 2.45) is 18.9 Å². The molecule has 3 heteroatoms. The number of hydrogen-bond acceptors (Lipinski definition) is 2. The molecule has 1 heterocycles. The maximum atomic E-state index is 11.7. The van der Waals surface area contributed by atoms with Crippen molar-refractivity contribution in [2.75, 3.05) is 0 Å². The van der Waals surface area contributed by atoms with E-state index in [1.807, 2.05) is 26.2 Å². The molecule has 14 heavy (non-hydrogen) atoms. The Morgan fingerprint density at radius 2 is 2.14 bits per heavy atom. The summed E-state index contributed by atoms with van der Waals surface area (Å²) in [5.74, 6) is 0.807. The molecule has 0 saturated carbocycles. The van der Waals surface area contributed by atoms with Crippen LogP contribution in [0.2, 0.25) is 0 Å². The smallest absolute Gasteiger partial charge is 0.141 e. The number of nitrogens with zero attached hydrogens (tertiary/aromatic N) is 2. The first-order chi connectivity index (χ1) is 6.50. The van der Waals surface area contributed by atoms with Crippen molar-refractivity contribution in [3.63, 3.8) is 0 Å². The minimum absolute atomic E-state index is 0.122. The average molecular weight is 194 g/mol. The summed E-state index contributed by atoms with van der Waals surface area (Å²) in [4.78, 5) is 11.7. The first-order valence-electron chi connectivity index (χ1n) is 5.02. The summed E-state index contributed by atoms with van der Waals surface area (Å²) >= 11 is 0. The van der Waals surface area contributed by atoms with Gasteiger partial charge in [0, 0.05) is 19.2 Å². The average Bonchev–Trinajstić information content (AvgIpc) is 2.49. The summed E-state index contributed by atoms with van der Waals surface area (Å²) in [6, 6.07) is 1.89. The first-order valence-corrected chi connectivity index (χ1v) is 5.02. The molecule has 0 radical (unpaired) electrons. The molecular weight excluding hydrogens is 176 g/mol. The van der Waals surface area contributed by atoms with Crippen molar-refractivity contribution in [1.29, 1.82) is 0 Å². The summed E-state index contributed by atoms with van der Waals surface area (Å²) < 4.78 is 1.72. The maximum Gasteiger partial charge on any atom is 0.141 e. The highest BCUT2D eigenvalue weighted by Crippen LogP contribution is 2.13. The molecule has 0 spiro atoms. The zero-order valence-corrected chi connectivity index (χ0v) is 9.32. The third kappa shape index (κ3) is 2.69. The van der Waals surface area contributed by atoms with Gasteiger partial charge < -0.3 is 0 Å². The van der Waals surface area contributed by atoms with E-state index in [1.54, 1.807) is 4.68 Å². The van der Waals surface area contributed by atoms with Crippen molar-refractivity contribution in [3.8, 4) is 0 Å². The van der Waals surface area contributed by atoms with E-state index in [2.05, 4.69) is 18.9 Å². The number of rotatable bonds is 4. The van der Waals surface area contributed by atoms with E-state index < -0.39 is 0 Å². The number of ketones is 1. The van der Waals surface area contributed by atoms with Gasteiger partial charge in [-0.15, -0.1) is 0 Å². The molecule has 0 N–H and O–H groups in total. The van der Waals surface area contributed by atoms with Gasteiger partial charge in [-0.25, -0.2) is 0 Å². The van der Waals surface area contributed by atoms with E-state index in [9.17, 15) is 4.79 Å². The van der Waals surface area contributed by atoms with Crippen LogP contribution < -0.4 is 0 Å². The fourth-order valence-corrected chi connectivity index (χ4v) is 1.27. The number of hydrogen-bond donors (Lipinski definition) is 0. The molecule has 0 saturated heterocycles. The minimum Gasteiger partial charge on any atom is -0.299 e. The largest absolute Gasteiger partial charge is 0.299 e. The van der Waals surface area contributed by atoms with Gasteiger partial charge in [-0.2, -0.15) is 5.10 Å². The molecule has 0 amide bonds. The molecule has 1 rings (SSSR count). The van der Waals surface area contributed by atoms with Crippen molar-refractivity contribution in [2.45, 2.75) is 27.2 Å². The maximum absolute atomic E-state index is 11.7. The molecule has 0 aliphatic carbocycles. The fraction of sp³-hybridized carbons (Fsp3) is 0.636. The highest BCUT2D eigenvalue weighted by molar-refractivity contribution is 5.82. The third-order valence-electron chi connectivity index (χ3n) is 2.63. The molecule has 0 bridgehead atoms. The molecular formula is C11H18N2O. The lowest BCUT2D eigenvalue weighted by atomic mass is 9.91. The molecule has 0 aromatic carbocycles. The zero-order chi connectivity index (χ0) is 10.7. The predicted octanol–water partition coefficient (Wildman–Crippen LogP) is 1.82. The molecule has 3 nitrogen and oxygen atoms in total. The van der Waals surface area contributed by atoms with Crippen molar-refractivity contribution < 1.29 is 4.79 Å². The van der Waals surface area contributed by atoms with Crippen LogP contribution in [0.15, 0.2) is 12.3 Å². The van der Waals surface area contributed by atoms with E-state index in [0.717, 1.165) is 5.69 Å². The van der Waals surface area contributed by atoms with Crippen LogP contribution in [0.25, 0.3) is 0 Å². The van der Waals surface area contributed by atoms with Crippen LogP contribution in [0.1, 0.15) is 26.5 Å². The molecule has 0 fully saturated rings. The van der Waals surface area contributed by atoms with Gasteiger partial charge in [0.1, 0.15) is 5.78 Å². The Bertz CT molecular complexity index is 315. The Kier molecular flexibility index (Phi) is 3.44. The van der Waals surface area contributed by atoms with E-state index in [0.29, 0.717) is 12.3 Å². The van der Waals surface area contributed by atoms with Crippen LogP contribution in [0.4, 0.5) is 0 Å². The molecule has 0 aliphatic heterocycles. The van der Waals surface area contributed by atoms with E-state index >= 15 is 0 Å². The number of carbonyl (C=O) groups is 1. The Balaban J connectivity index is 2.57. The van der Waals surface area contributed by atoms with Gasteiger partial charge in [-0.05, 0) is 12.0 Å². The Morgan fingerprint density at radius 1 is 1.50 bits per heavy atom. The van der Waals surface area contributed by atoms with Gasteiger partial charge in [0.05, 0.1) is 12.1 Å². The fourth-order valence-electron chi connectivity index (χ4n) is 1.27. The highest BCUT2D eigenvalue weighted by Gasteiger charge is 2.17. The summed E-state index contributed by atoms with van der Waals surface area (Å²) in [5.41, 5.74) is 0.866. The number of Topliss-reactive ketones (excluding diaryl/α,β-unsaturated/α-hetero) is 1. The van der Waals surface area contributed by atoms with Crippen LogP contribution in [-0.2, 0) is 18.3 Å². The Morgan fingerprint density at radius 3 is 2.57 bits per heavy atom. The van der Waals surface area contributed by atoms with Crippen molar-refractivity contribution >= 4 is 5.78 Å². The highest BCUT2D eigenvalue weighted by atomic mass is 16.1. The summed E-state index contributed by atoms with van der Waals surface area (Å²) in [6.07, 6.45) is 2.32. The zero-order valence-electron chi connectivity index (χ0n) is 9.32. The van der Waals surface area contributed by atoms with Crippen molar-refractivity contribution in [1.82, 2.24) is 9.78 Å². The lowest BCUT2D eigenvalue weighted by molar-refractivity contribution is -0.122. The minimum atomic E-state index is 0.122. The third-order valence-corrected chi connectivity index (χ3v) is 2.63. The lowest BCUT2D eigenvalue weighted by Gasteiger charge is -2.12. The lowest BCUT2D eigenvalue weighted by Crippen LogP contribution is -2.19. The van der Waals surface area contributed by atoms with E-state index in [4.69, 9.17) is 0 Å². The van der Waals surface area contributed by atoms with E-state index in [-0.39, 0.29) is 11.7 Å². The van der Waals surface area contributed by atoms with Crippen LogP contribution in [-0.4, -0.2) is 15.6 Å². The summed E-state index contributed by atoms with van der Waals surface area (Å²) in [6.45, 7) is 6.12. The SMILES string of the molecule is CC(C)C(C)C(=O)Cc1ccn(C)n1. The molecule has 78 valence electrons. The Labute approximate surface area is 85.1 Å². The standard InChI is InChI=1S/C11H18N2O/c1-8(2)9(3)11(14)7-10-5-6-13(4)12-10/h5-6,8-9H,7H2,1-4H3. The molecule has 0 aliphatic rings. The van der Waals surface area contributed by atoms with Gasteiger partial charge in [-0.3, -0.25) is 9.48 Å². The van der Waals surface area contributed by atoms with Crippen LogP contribution in [0.5, 0.6) is 0 Å². The van der Waals surface area contributed by atoms with Gasteiger partial charge in [0.2, 0.25) is 0 Å². The molecule has 1 atom stereocenters. The van der Waals surface area contributed by atoms with Gasteiger partial charge in [0.25, 0.3) is 0 Å². The summed E-state index contributed by atoms with van der Waals surface area (Å²) in [5, 5.41) is 4.19. The van der Waals surface area contributed by atoms with Gasteiger partial charge in [0.15, 0.2) is 0 Å². The van der Waals surface area contributed by atoms with Crippen LogP contribution in [0.3, 0.4) is 0 Å². The van der Waals surface area contributed by atoms with Crippen LogP contribution in [0, 0.1) is 11.8 Å². The normalized spacial score (nSPS) is 13.2. The second-order valence-corrected chi connectivity index (χ2v) is 4.16. The number of aromatic nitrogens is 2. The topological polar surface area (TPSA) is 34.9 Å². The first kappa shape index (κ1) is 11.0. The monoisotopic (exact) mass is 194 g/mol. The quantitative estimate of drug-likeness (QED) is 0.733. The molecule has 1 aromatic rings. The second kappa shape index (κ2) is 4.40. The molecule has 1 aromatic heterocycles. The van der Waals surface area contributed by atoms with Gasteiger partial charge >= 0.3 is 0 Å². The van der Waals surface area contributed by atoms with Gasteiger partial charge in [-0.1, -0.05) is 20.8 Å². The predicted molar refractivity (Wildman–Crippen MR) is 55.9 cm³/mol. The molecule has 1 unspecified atom stereocenters. The number of carbonyl (C=O) groups excluding carboxylic acids is 1. The number of aryl methyl sites for hydroxylation is 1. The Hall–Kier alpha value is -1.12. The van der Waals surface area contributed by atoms with E-state index in [1.165, 1.54) is 0 Å². The van der Waals surface area contributed by atoms with Crippen molar-refractivity contribution in [3.05, 3.63) is 18.0 Å². The second-order valence-electron chi connectivity index (χ2n) is 4.16. The van der Waals surface area contributed by atoms with Crippen LogP contribution >= 0.6 is 0 Å².